The highest BCUT2D eigenvalue weighted by atomic mass is 16.5. The van der Waals surface area contributed by atoms with Gasteiger partial charge in [-0.3, -0.25) is 9.69 Å². The van der Waals surface area contributed by atoms with Gasteiger partial charge < -0.3 is 9.47 Å². The van der Waals surface area contributed by atoms with Crippen LogP contribution >= 0.6 is 0 Å². The summed E-state index contributed by atoms with van der Waals surface area (Å²) in [6.07, 6.45) is 5.95. The Hall–Kier alpha value is -1.55. The molecule has 0 spiro atoms. The highest BCUT2D eigenvalue weighted by Crippen LogP contribution is 2.27. The molecule has 1 saturated heterocycles. The number of carbonyl (C=O) groups is 1. The molecule has 1 atom stereocenters. The topological polar surface area (TPSA) is 38.8 Å². The number of nitrogens with zero attached hydrogens (tertiary/aromatic N) is 1. The van der Waals surface area contributed by atoms with Gasteiger partial charge in [-0.15, -0.1) is 0 Å². The molecule has 4 nitrogen and oxygen atoms in total. The second-order valence-electron chi connectivity index (χ2n) is 5.47. The van der Waals surface area contributed by atoms with Crippen molar-refractivity contribution in [2.24, 2.45) is 0 Å². The van der Waals surface area contributed by atoms with Crippen LogP contribution in [0.1, 0.15) is 43.0 Å². The molecule has 1 aliphatic heterocycles. The highest BCUT2D eigenvalue weighted by molar-refractivity contribution is 5.76. The molecule has 0 radical (unpaired) electrons. The molecule has 0 N–H and O–H groups in total. The van der Waals surface area contributed by atoms with Gasteiger partial charge in [0.25, 0.3) is 0 Å². The third kappa shape index (κ3) is 4.21. The minimum atomic E-state index is 0.598. The van der Waals surface area contributed by atoms with Crippen LogP contribution in [0.5, 0.6) is 11.5 Å². The molecule has 1 heterocycles. The minimum absolute atomic E-state index is 0.598. The molecule has 1 fully saturated rings. The van der Waals surface area contributed by atoms with Crippen LogP contribution in [0.2, 0.25) is 0 Å². The van der Waals surface area contributed by atoms with Crippen LogP contribution < -0.4 is 9.47 Å². The molecular formula is C17H25NO3. The fourth-order valence-electron chi connectivity index (χ4n) is 2.97. The first-order valence-electron chi connectivity index (χ1n) is 7.78. The molecular weight excluding hydrogens is 266 g/mol. The molecule has 116 valence electrons. The summed E-state index contributed by atoms with van der Waals surface area (Å²) in [7, 11) is 1.59. The van der Waals surface area contributed by atoms with Gasteiger partial charge in [-0.2, -0.15) is 0 Å². The first kappa shape index (κ1) is 15.8. The lowest BCUT2D eigenvalue weighted by atomic mass is 10.0. The maximum atomic E-state index is 10.8. The van der Waals surface area contributed by atoms with E-state index in [0.717, 1.165) is 12.8 Å². The van der Waals surface area contributed by atoms with E-state index in [0.29, 0.717) is 29.7 Å². The van der Waals surface area contributed by atoms with E-state index in [-0.39, 0.29) is 0 Å². The SMILES string of the molecule is CCC1CCCCN1CCOc1ccc(C=O)cc1OC. The van der Waals surface area contributed by atoms with Crippen molar-refractivity contribution in [2.75, 3.05) is 26.8 Å². The maximum Gasteiger partial charge on any atom is 0.161 e. The van der Waals surface area contributed by atoms with Crippen molar-refractivity contribution in [3.63, 3.8) is 0 Å². The van der Waals surface area contributed by atoms with E-state index >= 15 is 0 Å². The third-order valence-electron chi connectivity index (χ3n) is 4.18. The number of likely N-dealkylation sites (tertiary alicyclic amines) is 1. The Kier molecular flexibility index (Phi) is 6.05. The van der Waals surface area contributed by atoms with E-state index < -0.39 is 0 Å². The van der Waals surface area contributed by atoms with Crippen LogP contribution in [0.15, 0.2) is 18.2 Å². The smallest absolute Gasteiger partial charge is 0.161 e. The zero-order chi connectivity index (χ0) is 15.1. The molecule has 4 heteroatoms. The van der Waals surface area contributed by atoms with Crippen LogP contribution in [0, 0.1) is 0 Å². The Morgan fingerprint density at radius 3 is 2.90 bits per heavy atom. The molecule has 1 aliphatic rings. The van der Waals surface area contributed by atoms with Crippen LogP contribution in [-0.4, -0.2) is 44.0 Å². The number of ether oxygens (including phenoxy) is 2. The molecule has 0 aromatic heterocycles. The van der Waals surface area contributed by atoms with E-state index in [1.54, 1.807) is 25.3 Å². The Labute approximate surface area is 127 Å². The van der Waals surface area contributed by atoms with Crippen LogP contribution in [0.25, 0.3) is 0 Å². The van der Waals surface area contributed by atoms with Gasteiger partial charge in [-0.05, 0) is 44.0 Å². The first-order chi connectivity index (χ1) is 10.3. The van der Waals surface area contributed by atoms with Gasteiger partial charge >= 0.3 is 0 Å². The Bertz CT molecular complexity index is 461. The number of carbonyl (C=O) groups excluding carboxylic acids is 1. The summed E-state index contributed by atoms with van der Waals surface area (Å²) in [6.45, 7) is 5.01. The molecule has 0 saturated carbocycles. The predicted molar refractivity (Wildman–Crippen MR) is 83.4 cm³/mol. The molecule has 2 rings (SSSR count). The quantitative estimate of drug-likeness (QED) is 0.723. The summed E-state index contributed by atoms with van der Waals surface area (Å²) < 4.78 is 11.1. The van der Waals surface area contributed by atoms with Crippen molar-refractivity contribution >= 4 is 6.29 Å². The first-order valence-corrected chi connectivity index (χ1v) is 7.78. The van der Waals surface area contributed by atoms with Crippen LogP contribution in [0.4, 0.5) is 0 Å². The Balaban J connectivity index is 1.89. The van der Waals surface area contributed by atoms with Gasteiger partial charge in [-0.1, -0.05) is 13.3 Å². The summed E-state index contributed by atoms with van der Waals surface area (Å²) in [4.78, 5) is 13.3. The number of hydrogen-bond donors (Lipinski definition) is 0. The maximum absolute atomic E-state index is 10.8. The largest absolute Gasteiger partial charge is 0.493 e. The molecule has 0 amide bonds. The van der Waals surface area contributed by atoms with Crippen molar-refractivity contribution < 1.29 is 14.3 Å². The Morgan fingerprint density at radius 2 is 2.19 bits per heavy atom. The van der Waals surface area contributed by atoms with Crippen molar-refractivity contribution in [1.82, 2.24) is 4.90 Å². The van der Waals surface area contributed by atoms with Gasteiger partial charge in [0, 0.05) is 18.2 Å². The number of piperidine rings is 1. The minimum Gasteiger partial charge on any atom is -0.493 e. The second kappa shape index (κ2) is 8.03. The number of hydrogen-bond acceptors (Lipinski definition) is 4. The zero-order valence-electron chi connectivity index (χ0n) is 13.0. The molecule has 0 aliphatic carbocycles. The summed E-state index contributed by atoms with van der Waals surface area (Å²) in [6, 6.07) is 5.95. The van der Waals surface area contributed by atoms with Gasteiger partial charge in [0.1, 0.15) is 12.9 Å². The number of benzene rings is 1. The van der Waals surface area contributed by atoms with Crippen LogP contribution in [-0.2, 0) is 0 Å². The lowest BCUT2D eigenvalue weighted by Crippen LogP contribution is -2.41. The lowest BCUT2D eigenvalue weighted by Gasteiger charge is -2.35. The van der Waals surface area contributed by atoms with E-state index in [9.17, 15) is 4.79 Å². The number of rotatable bonds is 7. The van der Waals surface area contributed by atoms with E-state index in [2.05, 4.69) is 11.8 Å². The zero-order valence-corrected chi connectivity index (χ0v) is 13.0. The standard InChI is InChI=1S/C17H25NO3/c1-3-15-6-4-5-9-18(15)10-11-21-16-8-7-14(13-19)12-17(16)20-2/h7-8,12-13,15H,3-6,9-11H2,1-2H3. The van der Waals surface area contributed by atoms with E-state index in [1.165, 1.54) is 32.2 Å². The second-order valence-corrected chi connectivity index (χ2v) is 5.47. The van der Waals surface area contributed by atoms with E-state index in [1.807, 2.05) is 0 Å². The molecule has 1 aromatic carbocycles. The summed E-state index contributed by atoms with van der Waals surface area (Å²) in [5.41, 5.74) is 0.598. The van der Waals surface area contributed by atoms with Crippen molar-refractivity contribution in [3.8, 4) is 11.5 Å². The van der Waals surface area contributed by atoms with Gasteiger partial charge in [0.05, 0.1) is 7.11 Å². The summed E-state index contributed by atoms with van der Waals surface area (Å²) in [5, 5.41) is 0. The molecule has 0 bridgehead atoms. The number of aldehydes is 1. The molecule has 21 heavy (non-hydrogen) atoms. The molecule has 1 unspecified atom stereocenters. The molecule has 1 aromatic rings. The average Bonchev–Trinajstić information content (AvgIpc) is 2.55. The third-order valence-corrected chi connectivity index (χ3v) is 4.18. The van der Waals surface area contributed by atoms with Gasteiger partial charge in [0.2, 0.25) is 0 Å². The summed E-state index contributed by atoms with van der Waals surface area (Å²) >= 11 is 0. The lowest BCUT2D eigenvalue weighted by molar-refractivity contribution is 0.112. The van der Waals surface area contributed by atoms with Crippen molar-refractivity contribution in [1.29, 1.82) is 0 Å². The van der Waals surface area contributed by atoms with Crippen LogP contribution in [0.3, 0.4) is 0 Å². The average molecular weight is 291 g/mol. The summed E-state index contributed by atoms with van der Waals surface area (Å²) in [5.74, 6) is 1.32. The van der Waals surface area contributed by atoms with Crippen molar-refractivity contribution in [3.05, 3.63) is 23.8 Å². The monoisotopic (exact) mass is 291 g/mol. The normalized spacial score (nSPS) is 19.2. The highest BCUT2D eigenvalue weighted by Gasteiger charge is 2.20. The predicted octanol–water partition coefficient (Wildman–Crippen LogP) is 3.15. The Morgan fingerprint density at radius 1 is 1.33 bits per heavy atom. The van der Waals surface area contributed by atoms with E-state index in [4.69, 9.17) is 9.47 Å². The fraction of sp³-hybridized carbons (Fsp3) is 0.588. The van der Waals surface area contributed by atoms with Gasteiger partial charge in [0.15, 0.2) is 11.5 Å². The number of methoxy groups -OCH3 is 1. The van der Waals surface area contributed by atoms with Gasteiger partial charge in [-0.25, -0.2) is 0 Å². The van der Waals surface area contributed by atoms with Crippen molar-refractivity contribution in [2.45, 2.75) is 38.6 Å². The fourth-order valence-corrected chi connectivity index (χ4v) is 2.97.